The Morgan fingerprint density at radius 1 is 0.947 bits per heavy atom. The predicted molar refractivity (Wildman–Crippen MR) is 138 cm³/mol. The minimum absolute atomic E-state index is 0.0250. The molecule has 6 rings (SSSR count). The van der Waals surface area contributed by atoms with Gasteiger partial charge in [-0.2, -0.15) is 0 Å². The number of benzene rings is 1. The zero-order chi connectivity index (χ0) is 26.1. The van der Waals surface area contributed by atoms with Crippen LogP contribution in [0.2, 0.25) is 0 Å². The van der Waals surface area contributed by atoms with Crippen LogP contribution in [0.25, 0.3) is 0 Å². The van der Waals surface area contributed by atoms with Crippen molar-refractivity contribution in [1.82, 2.24) is 20.2 Å². The summed E-state index contributed by atoms with van der Waals surface area (Å²) in [4.78, 5) is 28.1. The maximum absolute atomic E-state index is 14.8. The highest BCUT2D eigenvalue weighted by Gasteiger charge is 2.50. The van der Waals surface area contributed by atoms with Crippen molar-refractivity contribution in [2.75, 3.05) is 92.6 Å². The zero-order valence-corrected chi connectivity index (χ0v) is 21.0. The van der Waals surface area contributed by atoms with Gasteiger partial charge in [-0.3, -0.25) is 4.79 Å². The molecule has 13 heteroatoms. The van der Waals surface area contributed by atoms with Gasteiger partial charge in [0.15, 0.2) is 5.82 Å². The second-order valence-electron chi connectivity index (χ2n) is 9.79. The molecule has 0 aliphatic carbocycles. The van der Waals surface area contributed by atoms with Crippen molar-refractivity contribution in [3.63, 3.8) is 0 Å². The molecular weight excluding hydrogens is 498 g/mol. The number of hydrogen-bond donors (Lipinski definition) is 3. The number of nitrogens with one attached hydrogen (secondary N) is 3. The van der Waals surface area contributed by atoms with Crippen molar-refractivity contribution in [3.05, 3.63) is 36.2 Å². The summed E-state index contributed by atoms with van der Waals surface area (Å²) in [5, 5.41) is 9.12. The number of carbonyl (C=O) groups is 1. The van der Waals surface area contributed by atoms with Gasteiger partial charge in [-0.05, 0) is 12.1 Å². The second kappa shape index (κ2) is 10.5. The number of halogens is 2. The van der Waals surface area contributed by atoms with E-state index in [0.29, 0.717) is 88.6 Å². The number of piperazine rings is 1. The molecule has 5 heterocycles. The third-order valence-corrected chi connectivity index (χ3v) is 7.42. The normalized spacial score (nSPS) is 23.1. The van der Waals surface area contributed by atoms with Gasteiger partial charge in [0, 0.05) is 58.4 Å². The lowest BCUT2D eigenvalue weighted by Gasteiger charge is -2.38. The maximum Gasteiger partial charge on any atom is 0.286 e. The number of fused-ring (bicyclic) bond motifs is 1. The van der Waals surface area contributed by atoms with E-state index in [0.717, 1.165) is 6.54 Å². The molecule has 4 aliphatic rings. The molecule has 0 saturated carbocycles. The molecule has 0 bridgehead atoms. The van der Waals surface area contributed by atoms with Gasteiger partial charge < -0.3 is 40.1 Å². The van der Waals surface area contributed by atoms with Gasteiger partial charge in [0.2, 0.25) is 5.66 Å². The molecule has 3 fully saturated rings. The molecule has 1 unspecified atom stereocenters. The molecule has 38 heavy (non-hydrogen) atoms. The van der Waals surface area contributed by atoms with E-state index in [-0.39, 0.29) is 11.7 Å². The van der Waals surface area contributed by atoms with Gasteiger partial charge in [0.1, 0.15) is 17.7 Å². The Morgan fingerprint density at radius 3 is 2.16 bits per heavy atom. The number of ether oxygens (including phenoxy) is 2. The van der Waals surface area contributed by atoms with E-state index in [4.69, 9.17) is 9.47 Å². The van der Waals surface area contributed by atoms with Crippen LogP contribution in [-0.2, 0) is 19.9 Å². The summed E-state index contributed by atoms with van der Waals surface area (Å²) in [5.41, 5.74) is -0.827. The van der Waals surface area contributed by atoms with Crippen LogP contribution in [0, 0.1) is 0 Å². The Balaban J connectivity index is 1.28. The summed E-state index contributed by atoms with van der Waals surface area (Å²) in [7, 11) is 0. The van der Waals surface area contributed by atoms with Gasteiger partial charge in [0.05, 0.1) is 31.2 Å². The first-order valence-electron chi connectivity index (χ1n) is 13.1. The fourth-order valence-electron chi connectivity index (χ4n) is 5.27. The molecule has 1 aromatic carbocycles. The Hall–Kier alpha value is -3.29. The largest absolute Gasteiger partial charge is 0.378 e. The number of morpholine rings is 2. The number of para-hydroxylation sites is 2. The summed E-state index contributed by atoms with van der Waals surface area (Å²) in [6, 6.07) is 8.94. The monoisotopic (exact) mass is 530 g/mol. The van der Waals surface area contributed by atoms with Crippen LogP contribution in [0.5, 0.6) is 0 Å². The zero-order valence-electron chi connectivity index (χ0n) is 21.0. The Kier molecular flexibility index (Phi) is 6.89. The van der Waals surface area contributed by atoms with E-state index < -0.39 is 18.2 Å². The summed E-state index contributed by atoms with van der Waals surface area (Å²) >= 11 is 0. The van der Waals surface area contributed by atoms with Crippen LogP contribution in [0.4, 0.5) is 31.8 Å². The van der Waals surface area contributed by atoms with Crippen molar-refractivity contribution in [2.45, 2.75) is 18.2 Å². The lowest BCUT2D eigenvalue weighted by Crippen LogP contribution is -2.55. The summed E-state index contributed by atoms with van der Waals surface area (Å²) in [5.74, 6) is 1.08. The highest BCUT2D eigenvalue weighted by atomic mass is 19.3. The number of rotatable bonds is 5. The van der Waals surface area contributed by atoms with Crippen molar-refractivity contribution >= 4 is 28.9 Å². The van der Waals surface area contributed by atoms with E-state index in [9.17, 15) is 13.6 Å². The fourth-order valence-corrected chi connectivity index (χ4v) is 5.27. The van der Waals surface area contributed by atoms with Crippen LogP contribution in [0.15, 0.2) is 30.3 Å². The molecule has 3 N–H and O–H groups in total. The second-order valence-corrected chi connectivity index (χ2v) is 9.79. The molecule has 4 aliphatic heterocycles. The first-order chi connectivity index (χ1) is 18.5. The number of alkyl halides is 2. The fraction of sp³-hybridized carbons (Fsp3) is 0.560. The van der Waals surface area contributed by atoms with Crippen molar-refractivity contribution < 1.29 is 23.0 Å². The van der Waals surface area contributed by atoms with Crippen LogP contribution in [0.3, 0.4) is 0 Å². The maximum atomic E-state index is 14.8. The van der Waals surface area contributed by atoms with Crippen molar-refractivity contribution in [1.29, 1.82) is 0 Å². The molecule has 2 aromatic rings. The summed E-state index contributed by atoms with van der Waals surface area (Å²) < 4.78 is 40.7. The first kappa shape index (κ1) is 25.0. The van der Waals surface area contributed by atoms with E-state index in [1.807, 2.05) is 15.9 Å². The van der Waals surface area contributed by atoms with E-state index in [1.54, 1.807) is 29.2 Å². The van der Waals surface area contributed by atoms with Crippen LogP contribution >= 0.6 is 0 Å². The Morgan fingerprint density at radius 2 is 1.58 bits per heavy atom. The SMILES string of the molecule is O=C(C1CNCCO1)N1CCN(c2cc(N3CCOCC3)nc(C3(C(F)F)Nc4ccccc4N3)n2)CC1. The van der Waals surface area contributed by atoms with Crippen molar-refractivity contribution in [2.24, 2.45) is 0 Å². The lowest BCUT2D eigenvalue weighted by molar-refractivity contribution is -0.145. The number of amides is 1. The average Bonchev–Trinajstić information content (AvgIpc) is 3.39. The molecule has 204 valence electrons. The standard InChI is InChI=1S/C25H32F2N8O3/c26-23(27)25(31-17-3-1-2-4-18(17)32-25)24-29-20(15-21(30-24)34-10-13-37-14-11-34)33-6-8-35(9-7-33)22(36)19-16-28-5-12-38-19/h1-4,15,19,23,28,31-32H,5-14,16H2. The average molecular weight is 531 g/mol. The van der Waals surface area contributed by atoms with Crippen LogP contribution in [0.1, 0.15) is 5.82 Å². The highest BCUT2D eigenvalue weighted by molar-refractivity contribution is 5.81. The molecule has 0 radical (unpaired) electrons. The van der Waals surface area contributed by atoms with Gasteiger partial charge in [-0.25, -0.2) is 18.7 Å². The van der Waals surface area contributed by atoms with E-state index in [2.05, 4.69) is 25.9 Å². The summed E-state index contributed by atoms with van der Waals surface area (Å²) in [6.07, 6.45) is -3.30. The van der Waals surface area contributed by atoms with Gasteiger partial charge >= 0.3 is 0 Å². The highest BCUT2D eigenvalue weighted by Crippen LogP contribution is 2.42. The molecule has 0 spiro atoms. The minimum atomic E-state index is -2.83. The molecule has 1 atom stereocenters. The first-order valence-corrected chi connectivity index (χ1v) is 13.1. The molecule has 3 saturated heterocycles. The summed E-state index contributed by atoms with van der Waals surface area (Å²) in [6.45, 7) is 6.09. The van der Waals surface area contributed by atoms with Crippen LogP contribution < -0.4 is 25.8 Å². The number of carbonyl (C=O) groups excluding carboxylic acids is 1. The third-order valence-electron chi connectivity index (χ3n) is 7.42. The Bertz CT molecular complexity index is 1130. The van der Waals surface area contributed by atoms with E-state index >= 15 is 0 Å². The van der Waals surface area contributed by atoms with Crippen LogP contribution in [-0.4, -0.2) is 105 Å². The number of aromatic nitrogens is 2. The number of nitrogens with zero attached hydrogens (tertiary/aromatic N) is 5. The molecule has 1 aromatic heterocycles. The third kappa shape index (κ3) is 4.69. The number of anilines is 4. The minimum Gasteiger partial charge on any atom is -0.378 e. The van der Waals surface area contributed by atoms with E-state index in [1.165, 1.54) is 0 Å². The lowest BCUT2D eigenvalue weighted by atomic mass is 10.1. The van der Waals surface area contributed by atoms with Gasteiger partial charge in [0.25, 0.3) is 12.3 Å². The molecule has 1 amide bonds. The van der Waals surface area contributed by atoms with Crippen molar-refractivity contribution in [3.8, 4) is 0 Å². The number of hydrogen-bond acceptors (Lipinski definition) is 10. The topological polar surface area (TPSA) is 107 Å². The predicted octanol–water partition coefficient (Wildman–Crippen LogP) is 0.906. The Labute approximate surface area is 219 Å². The molecule has 11 nitrogen and oxygen atoms in total. The van der Waals surface area contributed by atoms with Gasteiger partial charge in [-0.1, -0.05) is 12.1 Å². The smallest absolute Gasteiger partial charge is 0.286 e. The quantitative estimate of drug-likeness (QED) is 0.516. The van der Waals surface area contributed by atoms with Gasteiger partial charge in [-0.15, -0.1) is 0 Å². The molecular formula is C25H32F2N8O3.